The van der Waals surface area contributed by atoms with Crippen LogP contribution in [-0.4, -0.2) is 66.9 Å². The number of carbonyl (C=O) groups excluding carboxylic acids is 2. The molecule has 0 aliphatic carbocycles. The normalized spacial score (nSPS) is 18.5. The highest BCUT2D eigenvalue weighted by molar-refractivity contribution is 8.24. The summed E-state index contributed by atoms with van der Waals surface area (Å²) in [7, 11) is -2.46. The van der Waals surface area contributed by atoms with Gasteiger partial charge in [0.15, 0.2) is 5.60 Å². The first-order valence-electron chi connectivity index (χ1n) is 11.3. The molecule has 1 fully saturated rings. The van der Waals surface area contributed by atoms with Gasteiger partial charge >= 0.3 is 0 Å². The van der Waals surface area contributed by atoms with Crippen LogP contribution >= 0.6 is 10.6 Å². The molecule has 1 saturated heterocycles. The highest BCUT2D eigenvalue weighted by Crippen LogP contribution is 2.44. The molecule has 0 radical (unpaired) electrons. The van der Waals surface area contributed by atoms with Gasteiger partial charge in [0.25, 0.3) is 18.2 Å². The Morgan fingerprint density at radius 3 is 2.03 bits per heavy atom. The molecule has 0 saturated carbocycles. The van der Waals surface area contributed by atoms with Gasteiger partial charge in [0.2, 0.25) is 0 Å². The first-order valence-corrected chi connectivity index (χ1v) is 13.2. The second-order valence-electron chi connectivity index (χ2n) is 8.79. The van der Waals surface area contributed by atoms with Gasteiger partial charge in [0.1, 0.15) is 17.9 Å². The monoisotopic (exact) mass is 538 g/mol. The van der Waals surface area contributed by atoms with Crippen LogP contribution in [0.4, 0.5) is 8.78 Å². The maximum atomic E-state index is 13.1. The summed E-state index contributed by atoms with van der Waals surface area (Å²) in [5.74, 6) is 4.95. The number of amides is 2. The molecular formula is C25H28F2N2O7S. The average Bonchev–Trinajstić information content (AvgIpc) is 2.87. The lowest BCUT2D eigenvalue weighted by atomic mass is 9.95. The summed E-state index contributed by atoms with van der Waals surface area (Å²) in [6.07, 6.45) is -2.27. The minimum Gasteiger partial charge on any atom is -0.490 e. The largest absolute Gasteiger partial charge is 0.490 e. The van der Waals surface area contributed by atoms with Gasteiger partial charge in [-0.05, 0) is 55.5 Å². The highest BCUT2D eigenvalue weighted by atomic mass is 32.3. The molecule has 9 nitrogen and oxygen atoms in total. The fourth-order valence-corrected chi connectivity index (χ4v) is 5.03. The van der Waals surface area contributed by atoms with Crippen molar-refractivity contribution in [1.29, 1.82) is 0 Å². The van der Waals surface area contributed by atoms with Gasteiger partial charge in [-0.1, -0.05) is 11.8 Å². The second kappa shape index (κ2) is 11.9. The molecule has 37 heavy (non-hydrogen) atoms. The van der Waals surface area contributed by atoms with Crippen LogP contribution in [0.15, 0.2) is 48.5 Å². The molecule has 2 atom stereocenters. The molecule has 2 amide bonds. The van der Waals surface area contributed by atoms with E-state index in [1.807, 2.05) is 5.32 Å². The Labute approximate surface area is 214 Å². The van der Waals surface area contributed by atoms with E-state index in [0.717, 1.165) is 5.48 Å². The highest BCUT2D eigenvalue weighted by Gasteiger charge is 2.46. The van der Waals surface area contributed by atoms with E-state index in [9.17, 15) is 32.6 Å². The Bertz CT molecular complexity index is 1150. The van der Waals surface area contributed by atoms with Gasteiger partial charge in [-0.15, -0.1) is 0 Å². The molecule has 0 aromatic heterocycles. The van der Waals surface area contributed by atoms with E-state index in [2.05, 4.69) is 11.8 Å². The predicted octanol–water partition coefficient (Wildman–Crippen LogP) is 3.00. The van der Waals surface area contributed by atoms with Crippen molar-refractivity contribution in [1.82, 2.24) is 10.8 Å². The topological polar surface area (TPSA) is 148 Å². The fourth-order valence-electron chi connectivity index (χ4n) is 3.55. The molecule has 3 rings (SSSR count). The van der Waals surface area contributed by atoms with Crippen molar-refractivity contribution in [2.45, 2.75) is 43.9 Å². The van der Waals surface area contributed by atoms with Gasteiger partial charge in [-0.3, -0.25) is 23.9 Å². The number of hydrogen-bond acceptors (Lipinski definition) is 7. The zero-order valence-electron chi connectivity index (χ0n) is 19.9. The van der Waals surface area contributed by atoms with Crippen molar-refractivity contribution in [3.8, 4) is 17.6 Å². The Balaban J connectivity index is 1.60. The molecule has 2 aromatic rings. The predicted molar refractivity (Wildman–Crippen MR) is 133 cm³/mol. The molecule has 0 spiro atoms. The van der Waals surface area contributed by atoms with Crippen LogP contribution in [0.5, 0.6) is 5.75 Å². The van der Waals surface area contributed by atoms with Crippen molar-refractivity contribution in [2.24, 2.45) is 0 Å². The Morgan fingerprint density at radius 2 is 1.54 bits per heavy atom. The molecular weight excluding hydrogens is 510 g/mol. The third-order valence-corrected chi connectivity index (χ3v) is 7.64. The summed E-state index contributed by atoms with van der Waals surface area (Å²) in [5, 5.41) is 20.7. The van der Waals surface area contributed by atoms with Crippen molar-refractivity contribution in [3.05, 3.63) is 65.2 Å². The third-order valence-electron chi connectivity index (χ3n) is 5.86. The number of halogens is 2. The summed E-state index contributed by atoms with van der Waals surface area (Å²) in [6.45, 7) is 0.669. The summed E-state index contributed by atoms with van der Waals surface area (Å²) < 4.78 is 51.6. The molecule has 200 valence electrons. The summed E-state index contributed by atoms with van der Waals surface area (Å²) in [4.78, 5) is 24.2. The number of benzene rings is 2. The van der Waals surface area contributed by atoms with Crippen LogP contribution < -0.4 is 15.5 Å². The molecule has 2 aromatic carbocycles. The van der Waals surface area contributed by atoms with Crippen LogP contribution in [0.1, 0.15) is 41.3 Å². The second-order valence-corrected chi connectivity index (χ2v) is 11.2. The van der Waals surface area contributed by atoms with E-state index in [0.29, 0.717) is 48.1 Å². The van der Waals surface area contributed by atoms with Gasteiger partial charge in [0.05, 0.1) is 0 Å². The van der Waals surface area contributed by atoms with Crippen molar-refractivity contribution >= 4 is 22.4 Å². The average molecular weight is 539 g/mol. The van der Waals surface area contributed by atoms with E-state index in [1.54, 1.807) is 24.3 Å². The minimum absolute atomic E-state index is 0.0248. The van der Waals surface area contributed by atoms with E-state index in [1.165, 1.54) is 24.3 Å². The number of hydroxylamine groups is 1. The van der Waals surface area contributed by atoms with Crippen LogP contribution in [0.3, 0.4) is 0 Å². The Hall–Kier alpha value is -3.21. The Kier molecular flexibility index (Phi) is 9.12. The van der Waals surface area contributed by atoms with E-state index in [4.69, 9.17) is 9.94 Å². The first-order chi connectivity index (χ1) is 17.4. The van der Waals surface area contributed by atoms with Crippen LogP contribution in [0.2, 0.25) is 0 Å². The SMILES string of the molecule is C[C@@](O)(C(F)F)[C@H](NC(=O)c1ccc(C#Cc2ccc(OC3CCS(O)(O)CC3)cc2)cc1)C(=O)NO. The lowest BCUT2D eigenvalue weighted by Crippen LogP contribution is -2.61. The molecule has 12 heteroatoms. The molecule has 6 N–H and O–H groups in total. The quantitative estimate of drug-likeness (QED) is 0.180. The summed E-state index contributed by atoms with van der Waals surface area (Å²) in [6, 6.07) is 10.8. The number of carbonyl (C=O) groups is 2. The number of hydrogen-bond donors (Lipinski definition) is 6. The number of alkyl halides is 2. The van der Waals surface area contributed by atoms with Crippen LogP contribution in [-0.2, 0) is 4.79 Å². The molecule has 1 heterocycles. The molecule has 0 unspecified atom stereocenters. The minimum atomic E-state index is -3.37. The zero-order valence-corrected chi connectivity index (χ0v) is 20.7. The maximum Gasteiger partial charge on any atom is 0.269 e. The number of rotatable bonds is 7. The van der Waals surface area contributed by atoms with Gasteiger partial charge in [-0.2, -0.15) is 10.6 Å². The third kappa shape index (κ3) is 7.64. The van der Waals surface area contributed by atoms with Gasteiger partial charge < -0.3 is 15.2 Å². The van der Waals surface area contributed by atoms with Crippen molar-refractivity contribution in [2.75, 3.05) is 11.5 Å². The number of nitrogens with one attached hydrogen (secondary N) is 2. The lowest BCUT2D eigenvalue weighted by Gasteiger charge is -2.39. The smallest absolute Gasteiger partial charge is 0.269 e. The van der Waals surface area contributed by atoms with Gasteiger partial charge in [0, 0.05) is 41.0 Å². The van der Waals surface area contributed by atoms with Crippen LogP contribution in [0, 0.1) is 11.8 Å². The summed E-state index contributed by atoms with van der Waals surface area (Å²) >= 11 is 0. The fraction of sp³-hybridized carbons (Fsp3) is 0.360. The van der Waals surface area contributed by atoms with E-state index >= 15 is 0 Å². The van der Waals surface area contributed by atoms with Crippen molar-refractivity contribution < 1.29 is 42.5 Å². The lowest BCUT2D eigenvalue weighted by molar-refractivity contribution is -0.149. The molecule has 0 bridgehead atoms. The number of aliphatic hydroxyl groups is 1. The van der Waals surface area contributed by atoms with Gasteiger partial charge in [-0.25, -0.2) is 14.3 Å². The Morgan fingerprint density at radius 1 is 1.03 bits per heavy atom. The van der Waals surface area contributed by atoms with E-state index in [-0.39, 0.29) is 11.7 Å². The van der Waals surface area contributed by atoms with Crippen molar-refractivity contribution in [3.63, 3.8) is 0 Å². The molecule has 1 aliphatic rings. The van der Waals surface area contributed by atoms with Crippen LogP contribution in [0.25, 0.3) is 0 Å². The van der Waals surface area contributed by atoms with E-state index < -0.39 is 40.5 Å². The summed E-state index contributed by atoms with van der Waals surface area (Å²) in [5.41, 5.74) is -0.470. The molecule has 1 aliphatic heterocycles. The zero-order chi connectivity index (χ0) is 27.2. The standard InChI is InChI=1S/C25H28F2N2O7S/c1-25(32,24(26)27)21(23(31)29-33)28-22(30)18-8-4-16(5-9-18)2-3-17-6-10-19(11-7-17)36-20-12-14-37(34,35)15-13-20/h4-11,20-21,24,32-35H,12-15H2,1H3,(H,28,30)(H,29,31)/t21-,25+/m1/s1. The maximum absolute atomic E-state index is 13.1. The first kappa shape index (κ1) is 28.4. The number of ether oxygens (including phenoxy) is 1.